The van der Waals surface area contributed by atoms with Gasteiger partial charge >= 0.3 is 0 Å². The van der Waals surface area contributed by atoms with Gasteiger partial charge in [0, 0.05) is 50.8 Å². The minimum absolute atomic E-state index is 0.180. The first-order valence-electron chi connectivity index (χ1n) is 7.94. The van der Waals surface area contributed by atoms with Crippen LogP contribution in [0.15, 0.2) is 48.8 Å². The molecule has 1 aromatic carbocycles. The molecule has 2 aromatic rings. The lowest BCUT2D eigenvalue weighted by atomic mass is 10.1. The Morgan fingerprint density at radius 2 is 1.78 bits per heavy atom. The Labute approximate surface area is 136 Å². The number of amides is 1. The second kappa shape index (κ2) is 7.24. The summed E-state index contributed by atoms with van der Waals surface area (Å²) in [5.74, 6) is 0.180. The van der Waals surface area contributed by atoms with Gasteiger partial charge in [0.2, 0.25) is 5.91 Å². The van der Waals surface area contributed by atoms with E-state index in [-0.39, 0.29) is 5.91 Å². The molecule has 5 nitrogen and oxygen atoms in total. The van der Waals surface area contributed by atoms with Crippen molar-refractivity contribution in [1.82, 2.24) is 14.8 Å². The molecule has 1 fully saturated rings. The molecule has 0 aliphatic carbocycles. The van der Waals surface area contributed by atoms with Crippen LogP contribution in [-0.4, -0.2) is 46.9 Å². The summed E-state index contributed by atoms with van der Waals surface area (Å²) < 4.78 is 0. The van der Waals surface area contributed by atoms with Crippen molar-refractivity contribution in [3.8, 4) is 0 Å². The summed E-state index contributed by atoms with van der Waals surface area (Å²) in [4.78, 5) is 20.8. The van der Waals surface area contributed by atoms with Gasteiger partial charge in [0.05, 0.1) is 6.42 Å². The molecular weight excluding hydrogens is 288 g/mol. The SMILES string of the molecule is Nc1cccc(CC(=O)N2CCN(Cc3ccncc3)CC2)c1. The molecule has 1 aromatic heterocycles. The summed E-state index contributed by atoms with van der Waals surface area (Å²) in [6.45, 7) is 4.30. The normalized spacial score (nSPS) is 15.6. The van der Waals surface area contributed by atoms with Crippen LogP contribution in [-0.2, 0) is 17.8 Å². The summed E-state index contributed by atoms with van der Waals surface area (Å²) in [6.07, 6.45) is 4.07. The van der Waals surface area contributed by atoms with Crippen molar-refractivity contribution >= 4 is 11.6 Å². The summed E-state index contributed by atoms with van der Waals surface area (Å²) in [6, 6.07) is 11.6. The lowest BCUT2D eigenvalue weighted by Gasteiger charge is -2.34. The van der Waals surface area contributed by atoms with Crippen molar-refractivity contribution in [3.63, 3.8) is 0 Å². The van der Waals surface area contributed by atoms with Gasteiger partial charge < -0.3 is 10.6 Å². The third-order valence-electron chi connectivity index (χ3n) is 4.19. The van der Waals surface area contributed by atoms with Crippen LogP contribution in [0.25, 0.3) is 0 Å². The minimum Gasteiger partial charge on any atom is -0.399 e. The van der Waals surface area contributed by atoms with Gasteiger partial charge in [-0.05, 0) is 35.4 Å². The van der Waals surface area contributed by atoms with Crippen molar-refractivity contribution in [2.75, 3.05) is 31.9 Å². The lowest BCUT2D eigenvalue weighted by Crippen LogP contribution is -2.48. The maximum absolute atomic E-state index is 12.4. The number of anilines is 1. The zero-order valence-electron chi connectivity index (χ0n) is 13.2. The fraction of sp³-hybridized carbons (Fsp3) is 0.333. The number of rotatable bonds is 4. The van der Waals surface area contributed by atoms with E-state index in [0.717, 1.165) is 38.3 Å². The number of carbonyl (C=O) groups excluding carboxylic acids is 1. The molecule has 0 unspecified atom stereocenters. The first-order valence-corrected chi connectivity index (χ1v) is 7.94. The molecule has 0 bridgehead atoms. The number of hydrogen-bond acceptors (Lipinski definition) is 4. The van der Waals surface area contributed by atoms with Gasteiger partial charge in [-0.3, -0.25) is 14.7 Å². The molecule has 0 radical (unpaired) electrons. The molecule has 120 valence electrons. The van der Waals surface area contributed by atoms with E-state index in [1.165, 1.54) is 5.56 Å². The third-order valence-corrected chi connectivity index (χ3v) is 4.19. The Hall–Kier alpha value is -2.40. The van der Waals surface area contributed by atoms with Crippen molar-refractivity contribution < 1.29 is 4.79 Å². The Bertz CT molecular complexity index is 651. The van der Waals surface area contributed by atoms with E-state index < -0.39 is 0 Å². The summed E-state index contributed by atoms with van der Waals surface area (Å²) in [5, 5.41) is 0. The van der Waals surface area contributed by atoms with Crippen LogP contribution < -0.4 is 5.73 Å². The number of benzene rings is 1. The first kappa shape index (κ1) is 15.5. The highest BCUT2D eigenvalue weighted by molar-refractivity contribution is 5.79. The quantitative estimate of drug-likeness (QED) is 0.870. The van der Waals surface area contributed by atoms with Crippen LogP contribution in [0.1, 0.15) is 11.1 Å². The van der Waals surface area contributed by atoms with Gasteiger partial charge in [-0.2, -0.15) is 0 Å². The molecule has 2 N–H and O–H groups in total. The number of pyridine rings is 1. The van der Waals surface area contributed by atoms with E-state index in [1.807, 2.05) is 53.7 Å². The average molecular weight is 310 g/mol. The Balaban J connectivity index is 1.49. The first-order chi connectivity index (χ1) is 11.2. The zero-order chi connectivity index (χ0) is 16.1. The molecule has 0 spiro atoms. The monoisotopic (exact) mass is 310 g/mol. The third kappa shape index (κ3) is 4.29. The Kier molecular flexibility index (Phi) is 4.88. The van der Waals surface area contributed by atoms with Gasteiger partial charge in [-0.15, -0.1) is 0 Å². The highest BCUT2D eigenvalue weighted by atomic mass is 16.2. The summed E-state index contributed by atoms with van der Waals surface area (Å²) in [7, 11) is 0. The van der Waals surface area contributed by atoms with Gasteiger partial charge in [0.15, 0.2) is 0 Å². The highest BCUT2D eigenvalue weighted by Crippen LogP contribution is 2.11. The second-order valence-corrected chi connectivity index (χ2v) is 5.93. The van der Waals surface area contributed by atoms with Gasteiger partial charge in [-0.1, -0.05) is 12.1 Å². The molecule has 3 rings (SSSR count). The molecule has 1 aliphatic heterocycles. The van der Waals surface area contributed by atoms with E-state index in [4.69, 9.17) is 5.73 Å². The standard InChI is InChI=1S/C18H22N4O/c19-17-3-1-2-16(12-17)13-18(23)22-10-8-21(9-11-22)14-15-4-6-20-7-5-15/h1-7,12H,8-11,13-14,19H2. The highest BCUT2D eigenvalue weighted by Gasteiger charge is 2.21. The molecule has 2 heterocycles. The molecule has 5 heteroatoms. The largest absolute Gasteiger partial charge is 0.399 e. The molecule has 0 saturated carbocycles. The van der Waals surface area contributed by atoms with Crippen molar-refractivity contribution in [1.29, 1.82) is 0 Å². The van der Waals surface area contributed by atoms with Crippen molar-refractivity contribution in [3.05, 3.63) is 59.9 Å². The minimum atomic E-state index is 0.180. The number of aromatic nitrogens is 1. The molecular formula is C18H22N4O. The van der Waals surface area contributed by atoms with Crippen LogP contribution in [0.4, 0.5) is 5.69 Å². The molecule has 1 saturated heterocycles. The zero-order valence-corrected chi connectivity index (χ0v) is 13.2. The fourth-order valence-electron chi connectivity index (χ4n) is 2.89. The van der Waals surface area contributed by atoms with Crippen LogP contribution in [0.5, 0.6) is 0 Å². The number of nitrogens with two attached hydrogens (primary N) is 1. The topological polar surface area (TPSA) is 62.5 Å². The van der Waals surface area contributed by atoms with Gasteiger partial charge in [0.25, 0.3) is 0 Å². The molecule has 0 atom stereocenters. The predicted octanol–water partition coefficient (Wildman–Crippen LogP) is 1.55. The van der Waals surface area contributed by atoms with Crippen LogP contribution in [0.2, 0.25) is 0 Å². The Morgan fingerprint density at radius 1 is 1.04 bits per heavy atom. The summed E-state index contributed by atoms with van der Waals surface area (Å²) in [5.41, 5.74) is 8.72. The van der Waals surface area contributed by atoms with Crippen LogP contribution in [0.3, 0.4) is 0 Å². The van der Waals surface area contributed by atoms with Crippen LogP contribution >= 0.6 is 0 Å². The fourth-order valence-corrected chi connectivity index (χ4v) is 2.89. The lowest BCUT2D eigenvalue weighted by molar-refractivity contribution is -0.132. The average Bonchev–Trinajstić information content (AvgIpc) is 2.56. The van der Waals surface area contributed by atoms with E-state index in [9.17, 15) is 4.79 Å². The maximum atomic E-state index is 12.4. The van der Waals surface area contributed by atoms with E-state index >= 15 is 0 Å². The van der Waals surface area contributed by atoms with E-state index in [2.05, 4.69) is 9.88 Å². The van der Waals surface area contributed by atoms with E-state index in [0.29, 0.717) is 12.1 Å². The van der Waals surface area contributed by atoms with Crippen LogP contribution in [0, 0.1) is 0 Å². The number of hydrogen-bond donors (Lipinski definition) is 1. The number of piperazine rings is 1. The number of nitrogen functional groups attached to an aromatic ring is 1. The smallest absolute Gasteiger partial charge is 0.227 e. The van der Waals surface area contributed by atoms with E-state index in [1.54, 1.807) is 0 Å². The molecule has 23 heavy (non-hydrogen) atoms. The number of carbonyl (C=O) groups is 1. The van der Waals surface area contributed by atoms with Crippen molar-refractivity contribution in [2.45, 2.75) is 13.0 Å². The second-order valence-electron chi connectivity index (χ2n) is 5.93. The number of nitrogens with zero attached hydrogens (tertiary/aromatic N) is 3. The van der Waals surface area contributed by atoms with Gasteiger partial charge in [-0.25, -0.2) is 0 Å². The van der Waals surface area contributed by atoms with Crippen molar-refractivity contribution in [2.24, 2.45) is 0 Å². The Morgan fingerprint density at radius 3 is 2.48 bits per heavy atom. The van der Waals surface area contributed by atoms with Gasteiger partial charge in [0.1, 0.15) is 0 Å². The molecule has 1 amide bonds. The summed E-state index contributed by atoms with van der Waals surface area (Å²) >= 11 is 0. The predicted molar refractivity (Wildman–Crippen MR) is 90.7 cm³/mol. The maximum Gasteiger partial charge on any atom is 0.227 e. The molecule has 1 aliphatic rings.